The van der Waals surface area contributed by atoms with Crippen LogP contribution in [0.15, 0.2) is 30.3 Å². The van der Waals surface area contributed by atoms with Crippen LogP contribution < -0.4 is 0 Å². The molecular weight excluding hydrogens is 267 g/mol. The fraction of sp³-hybridized carbons (Fsp3) is 0.667. The van der Waals surface area contributed by atoms with E-state index in [0.717, 1.165) is 10.0 Å². The van der Waals surface area contributed by atoms with Crippen LogP contribution in [0.2, 0.25) is 45.8 Å². The van der Waals surface area contributed by atoms with Crippen molar-refractivity contribution in [2.45, 2.75) is 58.6 Å². The zero-order chi connectivity index (χ0) is 11.7. The molecule has 1 aromatic carbocycles. The van der Waals surface area contributed by atoms with Crippen LogP contribution in [0.25, 0.3) is 0 Å². The van der Waals surface area contributed by atoms with Crippen LogP contribution in [0.1, 0.15) is 18.4 Å². The zero-order valence-electron chi connectivity index (χ0n) is 11.1. The van der Waals surface area contributed by atoms with Gasteiger partial charge in [-0.25, -0.2) is 0 Å². The molecule has 0 saturated carbocycles. The van der Waals surface area contributed by atoms with Gasteiger partial charge in [-0.3, -0.25) is 0 Å². The summed E-state index contributed by atoms with van der Waals surface area (Å²) in [4.78, 5) is 0. The molecule has 0 amide bonds. The van der Waals surface area contributed by atoms with Gasteiger partial charge in [0.2, 0.25) is 0 Å². The molecule has 10 fully saturated rings. The molecule has 5 unspecified atom stereocenters. The second kappa shape index (κ2) is 0.638. The van der Waals surface area contributed by atoms with Crippen LogP contribution in [-0.2, 0) is 7.25 Å². The number of fused-ring (bicyclic) bond motifs is 10. The van der Waals surface area contributed by atoms with Crippen molar-refractivity contribution in [3.05, 3.63) is 35.9 Å². The van der Waals surface area contributed by atoms with E-state index in [2.05, 4.69) is 37.3 Å². The van der Waals surface area contributed by atoms with E-state index in [4.69, 9.17) is 0 Å². The van der Waals surface area contributed by atoms with Crippen molar-refractivity contribution < 1.29 is 7.25 Å². The molecule has 0 aliphatic carbocycles. The molecule has 1 aromatic rings. The van der Waals surface area contributed by atoms with Gasteiger partial charge in [0.1, 0.15) is 0 Å². The van der Waals surface area contributed by atoms with E-state index in [0.29, 0.717) is 0 Å². The van der Waals surface area contributed by atoms with E-state index in [1.807, 2.05) is 0 Å². The van der Waals surface area contributed by atoms with Crippen molar-refractivity contribution in [2.75, 3.05) is 0 Å². The Bertz CT molecular complexity index is 1070. The van der Waals surface area contributed by atoms with E-state index in [1.54, 1.807) is 5.56 Å². The van der Waals surface area contributed by atoms with Crippen molar-refractivity contribution in [3.8, 4) is 0 Å². The third-order valence-electron chi connectivity index (χ3n) is 20.4. The third-order valence-corrected chi connectivity index (χ3v) is 74.5. The Balaban J connectivity index is 1.43. The molecular formula is C18H18V. The number of hydrogen-bond acceptors (Lipinski definition) is 0. The summed E-state index contributed by atoms with van der Waals surface area (Å²) >= 11 is 0. The van der Waals surface area contributed by atoms with Crippen molar-refractivity contribution in [2.24, 2.45) is 0 Å². The first kappa shape index (κ1) is 7.18. The fourth-order valence-electron chi connectivity index (χ4n) is 23.6. The fourth-order valence-corrected chi connectivity index (χ4v) is 129. The molecule has 0 bridgehead atoms. The van der Waals surface area contributed by atoms with E-state index < -0.39 is 7.25 Å². The Labute approximate surface area is 102 Å². The van der Waals surface area contributed by atoms with Gasteiger partial charge in [-0.1, -0.05) is 0 Å². The van der Waals surface area contributed by atoms with E-state index in [9.17, 15) is 0 Å². The summed E-state index contributed by atoms with van der Waals surface area (Å²) < 4.78 is 14.5. The minimum absolute atomic E-state index is 0.969. The summed E-state index contributed by atoms with van der Waals surface area (Å²) in [5.41, 5.74) is 1.72. The van der Waals surface area contributed by atoms with E-state index in [-0.39, 0.29) is 0 Å². The van der Waals surface area contributed by atoms with Crippen LogP contribution in [0.4, 0.5) is 0 Å². The second-order valence-electron chi connectivity index (χ2n) is 13.9. The number of rotatable bonds is 2. The summed E-state index contributed by atoms with van der Waals surface area (Å²) in [7, 11) is -3.13. The summed E-state index contributed by atoms with van der Waals surface area (Å²) in [6.45, 7) is 2.67. The maximum absolute atomic E-state index is 3.13. The molecule has 0 nitrogen and oxygen atoms in total. The van der Waals surface area contributed by atoms with Crippen molar-refractivity contribution >= 4 is 0 Å². The molecule has 10 aliphatic heterocycles. The van der Waals surface area contributed by atoms with Gasteiger partial charge in [-0.15, -0.1) is 0 Å². The van der Waals surface area contributed by atoms with Gasteiger partial charge in [0.05, 0.1) is 0 Å². The van der Waals surface area contributed by atoms with Gasteiger partial charge in [0, 0.05) is 0 Å². The molecule has 5 atom stereocenters. The Hall–Kier alpha value is -0.196. The summed E-state index contributed by atoms with van der Waals surface area (Å²) in [6.07, 6.45) is 0. The normalized spacial score (nSPS) is 109. The predicted molar refractivity (Wildman–Crippen MR) is 71.3 cm³/mol. The number of benzene rings is 1. The Morgan fingerprint density at radius 1 is 0.842 bits per heavy atom. The first-order chi connectivity index (χ1) is 9.06. The van der Waals surface area contributed by atoms with E-state index in [1.165, 1.54) is 41.7 Å². The molecule has 10 heterocycles. The molecule has 0 aromatic heterocycles. The van der Waals surface area contributed by atoms with Crippen molar-refractivity contribution in [1.82, 2.24) is 0 Å². The average molecular weight is 285 g/mol. The first-order valence-electron chi connectivity index (χ1n) is 8.86. The topological polar surface area (TPSA) is 0 Å². The van der Waals surface area contributed by atoms with Crippen molar-refractivity contribution in [3.63, 3.8) is 0 Å². The molecule has 95 valence electrons. The third kappa shape index (κ3) is 0.0835. The molecule has 1 spiro atoms. The monoisotopic (exact) mass is 285 g/mol. The minimum atomic E-state index is -3.13. The van der Waals surface area contributed by atoms with Gasteiger partial charge in [-0.05, 0) is 0 Å². The summed E-state index contributed by atoms with van der Waals surface area (Å²) in [6, 6.07) is 11.7. The van der Waals surface area contributed by atoms with Crippen LogP contribution in [0.5, 0.6) is 0 Å². The van der Waals surface area contributed by atoms with Crippen LogP contribution in [0.3, 0.4) is 0 Å². The second-order valence-corrected chi connectivity index (χ2v) is 43.7. The van der Waals surface area contributed by atoms with Crippen molar-refractivity contribution in [1.29, 1.82) is 0 Å². The first-order valence-corrected chi connectivity index (χ1v) is 16.8. The Kier molecular flexibility index (Phi) is 0.241. The quantitative estimate of drug-likeness (QED) is 0.668. The molecule has 0 N–H and O–H groups in total. The Morgan fingerprint density at radius 2 is 1.37 bits per heavy atom. The molecule has 1 heteroatoms. The predicted octanol–water partition coefficient (Wildman–Crippen LogP) is 5.55. The molecule has 10 aliphatic rings. The molecule has 19 heavy (non-hydrogen) atoms. The molecule has 10 saturated heterocycles. The molecule has 11 rings (SSSR count). The van der Waals surface area contributed by atoms with Crippen LogP contribution >= 0.6 is 0 Å². The van der Waals surface area contributed by atoms with E-state index >= 15 is 0 Å². The number of hydrogen-bond donors (Lipinski definition) is 0. The Morgan fingerprint density at radius 3 is 1.74 bits per heavy atom. The van der Waals surface area contributed by atoms with Gasteiger partial charge in [-0.2, -0.15) is 0 Å². The van der Waals surface area contributed by atoms with Gasteiger partial charge < -0.3 is 0 Å². The average Bonchev–Trinajstić information content (AvgIpc) is 3.39. The van der Waals surface area contributed by atoms with Gasteiger partial charge in [0.25, 0.3) is 0 Å². The van der Waals surface area contributed by atoms with Crippen LogP contribution in [-0.4, -0.2) is 0 Å². The standard InChI is InChI=1S/C13H13.C5H5.V/c1-11(13-9-5-6-10-13)12-7-3-2-4-8-12;1-2-4-5-3-1;/h2-11H,1H3;1-5H;. The summed E-state index contributed by atoms with van der Waals surface area (Å²) in [5, 5.41) is 0. The SMILES string of the molecule is CC(c1ccccc1)[C]12[CH]3[CH]4[CH]5[CH]1[V]45321678[CH]2[CH]1[CH]6[CH]7[CH]28. The molecule has 0 radical (unpaired) electrons. The van der Waals surface area contributed by atoms with Gasteiger partial charge >= 0.3 is 102 Å². The van der Waals surface area contributed by atoms with Crippen LogP contribution in [0, 0.1) is 0 Å². The maximum atomic E-state index is 2.67. The summed E-state index contributed by atoms with van der Waals surface area (Å²) in [5.74, 6) is 0.969. The van der Waals surface area contributed by atoms with Gasteiger partial charge in [0.15, 0.2) is 0 Å². The zero-order valence-corrected chi connectivity index (χ0v) is 12.5.